The van der Waals surface area contributed by atoms with Crippen LogP contribution in [0.25, 0.3) is 0 Å². The lowest BCUT2D eigenvalue weighted by Crippen LogP contribution is -2.75. The summed E-state index contributed by atoms with van der Waals surface area (Å²) < 4.78 is 6.24. The van der Waals surface area contributed by atoms with Gasteiger partial charge in [-0.1, -0.05) is 39.3 Å². The molecule has 5 N–H and O–H groups in total. The van der Waals surface area contributed by atoms with Crippen LogP contribution in [-0.2, 0) is 4.74 Å². The van der Waals surface area contributed by atoms with Crippen molar-refractivity contribution in [1.82, 2.24) is 0 Å². The van der Waals surface area contributed by atoms with Gasteiger partial charge < -0.3 is 30.3 Å². The maximum Gasteiger partial charge on any atom is 0.170 e. The molecule has 0 aromatic heterocycles. The molecule has 2 bridgehead atoms. The van der Waals surface area contributed by atoms with Crippen molar-refractivity contribution in [3.63, 3.8) is 0 Å². The van der Waals surface area contributed by atoms with Crippen molar-refractivity contribution in [2.24, 2.45) is 45.3 Å². The molecule has 6 heteroatoms. The first-order valence-corrected chi connectivity index (χ1v) is 14.3. The van der Waals surface area contributed by atoms with E-state index in [4.69, 9.17) is 4.74 Å². The van der Waals surface area contributed by atoms with Gasteiger partial charge in [0.15, 0.2) is 5.79 Å². The lowest BCUT2D eigenvalue weighted by atomic mass is 9.33. The first kappa shape index (κ1) is 27.1. The van der Waals surface area contributed by atoms with Crippen LogP contribution in [0.15, 0.2) is 11.6 Å². The molecule has 6 rings (SSSR count). The van der Waals surface area contributed by atoms with Gasteiger partial charge in [0.1, 0.15) is 12.2 Å². The van der Waals surface area contributed by atoms with Gasteiger partial charge in [0.2, 0.25) is 0 Å². The van der Waals surface area contributed by atoms with E-state index < -0.39 is 29.7 Å². The van der Waals surface area contributed by atoms with E-state index in [1.807, 2.05) is 6.92 Å². The van der Waals surface area contributed by atoms with E-state index in [1.165, 1.54) is 13.8 Å². The van der Waals surface area contributed by atoms with Crippen molar-refractivity contribution in [2.75, 3.05) is 6.61 Å². The van der Waals surface area contributed by atoms with Crippen molar-refractivity contribution >= 4 is 0 Å². The molecule has 2 saturated heterocycles. The SMILES string of the molecule is C/C(=C\[C@H](O)[C@@H](O)C(C)(C)O)[C@H]1CC[C@]2(C)[C@@H]1C[C@@H](O)[C@@H]1[C@]34CC[C@@](O)(OC3)C(C)(C)C4CC[C@]12C. The molecule has 1 spiro atoms. The summed E-state index contributed by atoms with van der Waals surface area (Å²) in [5.74, 6) is -0.0598. The van der Waals surface area contributed by atoms with Crippen molar-refractivity contribution in [2.45, 2.75) is 123 Å². The molecule has 206 valence electrons. The molecular weight excluding hydrogens is 456 g/mol. The van der Waals surface area contributed by atoms with E-state index in [9.17, 15) is 25.5 Å². The Morgan fingerprint density at radius 1 is 1.00 bits per heavy atom. The first-order valence-electron chi connectivity index (χ1n) is 14.3. The highest BCUT2D eigenvalue weighted by molar-refractivity contribution is 5.25. The fraction of sp³-hybridized carbons (Fsp3) is 0.933. The molecule has 0 aromatic carbocycles. The van der Waals surface area contributed by atoms with Crippen LogP contribution in [0.5, 0.6) is 0 Å². The van der Waals surface area contributed by atoms with E-state index >= 15 is 0 Å². The van der Waals surface area contributed by atoms with Gasteiger partial charge in [-0.3, -0.25) is 0 Å². The lowest BCUT2D eigenvalue weighted by Gasteiger charge is -2.74. The van der Waals surface area contributed by atoms with Crippen LogP contribution < -0.4 is 0 Å². The Kier molecular flexibility index (Phi) is 6.03. The monoisotopic (exact) mass is 506 g/mol. The predicted molar refractivity (Wildman–Crippen MR) is 138 cm³/mol. The second-order valence-corrected chi connectivity index (χ2v) is 15.0. The number of hydrogen-bond acceptors (Lipinski definition) is 6. The largest absolute Gasteiger partial charge is 0.393 e. The second kappa shape index (κ2) is 8.02. The third kappa shape index (κ3) is 3.30. The molecule has 2 heterocycles. The second-order valence-electron chi connectivity index (χ2n) is 15.0. The molecular formula is C30H50O6. The summed E-state index contributed by atoms with van der Waals surface area (Å²) in [4.78, 5) is 0. The normalized spacial score (nSPS) is 51.8. The third-order valence-electron chi connectivity index (χ3n) is 12.9. The molecule has 0 radical (unpaired) electrons. The zero-order valence-corrected chi connectivity index (χ0v) is 23.4. The van der Waals surface area contributed by atoms with Crippen LogP contribution in [0.3, 0.4) is 0 Å². The highest BCUT2D eigenvalue weighted by atomic mass is 16.6. The Balaban J connectivity index is 1.47. The van der Waals surface area contributed by atoms with E-state index in [0.717, 1.165) is 44.1 Å². The van der Waals surface area contributed by atoms with Gasteiger partial charge in [0.05, 0.1) is 18.3 Å². The highest BCUT2D eigenvalue weighted by Crippen LogP contribution is 2.77. The Hall–Kier alpha value is -0.500. The standard InChI is InChI=1S/C30H50O6/c1-17(14-21(32)24(33)26(4,5)34)18-8-10-27(6)19(18)15-20(31)23-28(27,7)11-9-22-25(2,3)30(35)13-12-29(22,23)16-36-30/h14,18-24,31-35H,8-13,15-16H2,1-7H3/b17-14+/t18-,19-,20-,21+,22?,23+,24-,27-,28-,29-,30-/m1/s1. The van der Waals surface area contributed by atoms with E-state index in [-0.39, 0.29) is 33.5 Å². The number of aliphatic hydroxyl groups is 5. The number of rotatable bonds is 4. The molecule has 6 fully saturated rings. The number of hydrogen-bond donors (Lipinski definition) is 5. The number of aliphatic hydroxyl groups excluding tert-OH is 3. The van der Waals surface area contributed by atoms with Gasteiger partial charge in [-0.05, 0) is 93.8 Å². The average Bonchev–Trinajstić information content (AvgIpc) is 3.11. The summed E-state index contributed by atoms with van der Waals surface area (Å²) >= 11 is 0. The van der Waals surface area contributed by atoms with Gasteiger partial charge in [-0.15, -0.1) is 0 Å². The quantitative estimate of drug-likeness (QED) is 0.371. The van der Waals surface area contributed by atoms with Crippen molar-refractivity contribution < 1.29 is 30.3 Å². The van der Waals surface area contributed by atoms with Crippen LogP contribution in [0.4, 0.5) is 0 Å². The summed E-state index contributed by atoms with van der Waals surface area (Å²) in [7, 11) is 0. The highest BCUT2D eigenvalue weighted by Gasteiger charge is 2.75. The van der Waals surface area contributed by atoms with Crippen molar-refractivity contribution in [1.29, 1.82) is 0 Å². The van der Waals surface area contributed by atoms with Gasteiger partial charge >= 0.3 is 0 Å². The van der Waals surface area contributed by atoms with Gasteiger partial charge in [-0.2, -0.15) is 0 Å². The van der Waals surface area contributed by atoms with Crippen molar-refractivity contribution in [3.05, 3.63) is 11.6 Å². The van der Waals surface area contributed by atoms with Crippen molar-refractivity contribution in [3.8, 4) is 0 Å². The minimum Gasteiger partial charge on any atom is -0.393 e. The van der Waals surface area contributed by atoms with Gasteiger partial charge in [0, 0.05) is 17.3 Å². The fourth-order valence-electron chi connectivity index (χ4n) is 10.6. The maximum absolute atomic E-state index is 11.9. The smallest absolute Gasteiger partial charge is 0.170 e. The Morgan fingerprint density at radius 3 is 2.22 bits per heavy atom. The average molecular weight is 507 g/mol. The summed E-state index contributed by atoms with van der Waals surface area (Å²) in [5, 5.41) is 54.4. The number of ether oxygens (including phenoxy) is 1. The van der Waals surface area contributed by atoms with Crippen LogP contribution in [0.1, 0.15) is 93.4 Å². The molecule has 6 aliphatic rings. The Labute approximate surface area is 217 Å². The fourth-order valence-corrected chi connectivity index (χ4v) is 10.6. The first-order chi connectivity index (χ1) is 16.4. The van der Waals surface area contributed by atoms with Crippen LogP contribution >= 0.6 is 0 Å². The maximum atomic E-state index is 11.9. The molecule has 4 aliphatic carbocycles. The zero-order chi connectivity index (χ0) is 26.7. The summed E-state index contributed by atoms with van der Waals surface area (Å²) in [5.41, 5.74) is -0.779. The molecule has 36 heavy (non-hydrogen) atoms. The Morgan fingerprint density at radius 2 is 1.64 bits per heavy atom. The van der Waals surface area contributed by atoms with Crippen LogP contribution in [0.2, 0.25) is 0 Å². The summed E-state index contributed by atoms with van der Waals surface area (Å²) in [6.45, 7) is 14.8. The minimum atomic E-state index is -1.39. The van der Waals surface area contributed by atoms with Crippen LogP contribution in [0, 0.1) is 45.3 Å². The molecule has 0 aromatic rings. The summed E-state index contributed by atoms with van der Waals surface area (Å²) in [6, 6.07) is 0. The summed E-state index contributed by atoms with van der Waals surface area (Å²) in [6.07, 6.45) is 5.37. The van der Waals surface area contributed by atoms with E-state index in [1.54, 1.807) is 6.08 Å². The molecule has 0 amide bonds. The Bertz CT molecular complexity index is 911. The predicted octanol–water partition coefficient (Wildman–Crippen LogP) is 3.78. The molecule has 6 nitrogen and oxygen atoms in total. The molecule has 2 aliphatic heterocycles. The minimum absolute atomic E-state index is 0.0433. The van der Waals surface area contributed by atoms with Gasteiger partial charge in [0.25, 0.3) is 0 Å². The van der Waals surface area contributed by atoms with Gasteiger partial charge in [-0.25, -0.2) is 0 Å². The zero-order valence-electron chi connectivity index (χ0n) is 23.4. The molecule has 11 atom stereocenters. The molecule has 4 saturated carbocycles. The topological polar surface area (TPSA) is 110 Å². The van der Waals surface area contributed by atoms with E-state index in [2.05, 4.69) is 27.7 Å². The van der Waals surface area contributed by atoms with E-state index in [0.29, 0.717) is 24.9 Å². The van der Waals surface area contributed by atoms with Crippen LogP contribution in [-0.4, -0.2) is 61.8 Å². The third-order valence-corrected chi connectivity index (χ3v) is 12.9. The molecule has 1 unspecified atom stereocenters. The lowest BCUT2D eigenvalue weighted by molar-refractivity contribution is -0.404. The number of fused-ring (bicyclic) bond motifs is 5. The number of allylic oxidation sites excluding steroid dienone is 1.